The Balaban J connectivity index is 2.00. The first-order valence-electron chi connectivity index (χ1n) is 5.76. The predicted octanol–water partition coefficient (Wildman–Crippen LogP) is 2.82. The standard InChI is InChI=1S/C13H17FO2/c1-9-7-12(5-6-13(9)14)16-11-4-2-3-10(15)8-11/h5-7,10-11,15H,2-4,8H2,1H3. The Bertz CT molecular complexity index is 365. The molecule has 2 nitrogen and oxygen atoms in total. The fourth-order valence-electron chi connectivity index (χ4n) is 2.11. The number of ether oxygens (including phenoxy) is 1. The topological polar surface area (TPSA) is 29.5 Å². The van der Waals surface area contributed by atoms with Crippen LogP contribution in [0.25, 0.3) is 0 Å². The highest BCUT2D eigenvalue weighted by Crippen LogP contribution is 2.24. The van der Waals surface area contributed by atoms with Gasteiger partial charge in [-0.15, -0.1) is 0 Å². The summed E-state index contributed by atoms with van der Waals surface area (Å²) in [7, 11) is 0. The lowest BCUT2D eigenvalue weighted by molar-refractivity contribution is 0.0536. The molecular formula is C13H17FO2. The zero-order valence-corrected chi connectivity index (χ0v) is 9.45. The Morgan fingerprint density at radius 3 is 2.88 bits per heavy atom. The minimum atomic E-state index is -0.250. The third kappa shape index (κ3) is 2.73. The van der Waals surface area contributed by atoms with Crippen LogP contribution in [0, 0.1) is 12.7 Å². The summed E-state index contributed by atoms with van der Waals surface area (Å²) >= 11 is 0. The van der Waals surface area contributed by atoms with Crippen LogP contribution in [0.5, 0.6) is 5.75 Å². The molecule has 0 radical (unpaired) electrons. The number of halogens is 1. The summed E-state index contributed by atoms with van der Waals surface area (Å²) in [5, 5.41) is 9.52. The van der Waals surface area contributed by atoms with Crippen molar-refractivity contribution in [2.45, 2.75) is 44.8 Å². The lowest BCUT2D eigenvalue weighted by Crippen LogP contribution is -2.28. The summed E-state index contributed by atoms with van der Waals surface area (Å²) in [6, 6.07) is 4.77. The van der Waals surface area contributed by atoms with E-state index in [1.54, 1.807) is 19.1 Å². The molecule has 0 aliphatic heterocycles. The third-order valence-corrected chi connectivity index (χ3v) is 3.03. The summed E-state index contributed by atoms with van der Waals surface area (Å²) in [5.74, 6) is 0.481. The van der Waals surface area contributed by atoms with Crippen molar-refractivity contribution in [3.8, 4) is 5.75 Å². The van der Waals surface area contributed by atoms with E-state index in [-0.39, 0.29) is 18.0 Å². The molecule has 1 N–H and O–H groups in total. The molecule has 1 fully saturated rings. The smallest absolute Gasteiger partial charge is 0.126 e. The van der Waals surface area contributed by atoms with Crippen molar-refractivity contribution in [2.75, 3.05) is 0 Å². The van der Waals surface area contributed by atoms with Crippen molar-refractivity contribution in [2.24, 2.45) is 0 Å². The molecule has 1 aliphatic rings. The normalized spacial score (nSPS) is 25.4. The van der Waals surface area contributed by atoms with Gasteiger partial charge in [-0.3, -0.25) is 0 Å². The fraction of sp³-hybridized carbons (Fsp3) is 0.538. The molecule has 0 heterocycles. The molecule has 1 aromatic carbocycles. The van der Waals surface area contributed by atoms with E-state index < -0.39 is 0 Å². The van der Waals surface area contributed by atoms with Crippen LogP contribution in [0.4, 0.5) is 4.39 Å². The van der Waals surface area contributed by atoms with E-state index in [0.29, 0.717) is 17.7 Å². The summed E-state index contributed by atoms with van der Waals surface area (Å²) in [4.78, 5) is 0. The van der Waals surface area contributed by atoms with E-state index in [2.05, 4.69) is 0 Å². The maximum atomic E-state index is 13.0. The highest BCUT2D eigenvalue weighted by molar-refractivity contribution is 5.29. The monoisotopic (exact) mass is 224 g/mol. The van der Waals surface area contributed by atoms with Crippen LogP contribution in [0.3, 0.4) is 0 Å². The van der Waals surface area contributed by atoms with Gasteiger partial charge in [-0.05, 0) is 49.9 Å². The molecule has 2 rings (SSSR count). The molecule has 1 aromatic rings. The van der Waals surface area contributed by atoms with E-state index in [1.807, 2.05) is 0 Å². The third-order valence-electron chi connectivity index (χ3n) is 3.03. The number of hydrogen-bond acceptors (Lipinski definition) is 2. The quantitative estimate of drug-likeness (QED) is 0.837. The molecule has 2 unspecified atom stereocenters. The molecule has 3 heteroatoms. The Labute approximate surface area is 95.1 Å². The number of rotatable bonds is 2. The summed E-state index contributed by atoms with van der Waals surface area (Å²) in [6.07, 6.45) is 3.31. The minimum Gasteiger partial charge on any atom is -0.490 e. The number of aryl methyl sites for hydroxylation is 1. The molecule has 1 saturated carbocycles. The van der Waals surface area contributed by atoms with Crippen LogP contribution >= 0.6 is 0 Å². The Morgan fingerprint density at radius 2 is 2.19 bits per heavy atom. The molecule has 88 valence electrons. The first-order chi connectivity index (χ1) is 7.65. The first kappa shape index (κ1) is 11.4. The molecular weight excluding hydrogens is 207 g/mol. The van der Waals surface area contributed by atoms with Crippen molar-refractivity contribution < 1.29 is 14.2 Å². The second-order valence-corrected chi connectivity index (χ2v) is 4.47. The Morgan fingerprint density at radius 1 is 1.38 bits per heavy atom. The van der Waals surface area contributed by atoms with Gasteiger partial charge in [0.05, 0.1) is 6.10 Å². The van der Waals surface area contributed by atoms with Crippen LogP contribution in [0.15, 0.2) is 18.2 Å². The van der Waals surface area contributed by atoms with E-state index in [9.17, 15) is 9.50 Å². The number of aliphatic hydroxyl groups excluding tert-OH is 1. The number of benzene rings is 1. The van der Waals surface area contributed by atoms with Crippen molar-refractivity contribution >= 4 is 0 Å². The van der Waals surface area contributed by atoms with Gasteiger partial charge in [-0.2, -0.15) is 0 Å². The van der Waals surface area contributed by atoms with E-state index in [4.69, 9.17) is 4.74 Å². The second kappa shape index (κ2) is 4.83. The largest absolute Gasteiger partial charge is 0.490 e. The van der Waals surface area contributed by atoms with Gasteiger partial charge in [-0.1, -0.05) is 0 Å². The van der Waals surface area contributed by atoms with Gasteiger partial charge in [0.2, 0.25) is 0 Å². The van der Waals surface area contributed by atoms with Crippen molar-refractivity contribution in [1.29, 1.82) is 0 Å². The molecule has 0 bridgehead atoms. The highest BCUT2D eigenvalue weighted by Gasteiger charge is 2.21. The average Bonchev–Trinajstić information content (AvgIpc) is 2.24. The zero-order valence-electron chi connectivity index (χ0n) is 9.45. The van der Waals surface area contributed by atoms with Crippen LogP contribution in [-0.4, -0.2) is 17.3 Å². The number of aliphatic hydroxyl groups is 1. The van der Waals surface area contributed by atoms with Crippen molar-refractivity contribution in [3.05, 3.63) is 29.6 Å². The van der Waals surface area contributed by atoms with Gasteiger partial charge < -0.3 is 9.84 Å². The van der Waals surface area contributed by atoms with Crippen LogP contribution in [0.1, 0.15) is 31.2 Å². The van der Waals surface area contributed by atoms with Gasteiger partial charge in [0.1, 0.15) is 17.7 Å². The van der Waals surface area contributed by atoms with E-state index in [0.717, 1.165) is 19.3 Å². The minimum absolute atomic E-state index is 0.0635. The van der Waals surface area contributed by atoms with Gasteiger partial charge in [0, 0.05) is 6.42 Å². The van der Waals surface area contributed by atoms with Crippen molar-refractivity contribution in [3.63, 3.8) is 0 Å². The maximum Gasteiger partial charge on any atom is 0.126 e. The molecule has 1 aliphatic carbocycles. The molecule has 0 amide bonds. The van der Waals surface area contributed by atoms with Crippen LogP contribution < -0.4 is 4.74 Å². The van der Waals surface area contributed by atoms with Crippen molar-refractivity contribution in [1.82, 2.24) is 0 Å². The summed E-state index contributed by atoms with van der Waals surface area (Å²) in [6.45, 7) is 1.72. The predicted molar refractivity (Wildman–Crippen MR) is 60.0 cm³/mol. The van der Waals surface area contributed by atoms with Gasteiger partial charge >= 0.3 is 0 Å². The van der Waals surface area contributed by atoms with Gasteiger partial charge in [0.15, 0.2) is 0 Å². The zero-order chi connectivity index (χ0) is 11.5. The molecule has 16 heavy (non-hydrogen) atoms. The lowest BCUT2D eigenvalue weighted by atomic mass is 9.95. The molecule has 2 atom stereocenters. The second-order valence-electron chi connectivity index (χ2n) is 4.47. The molecule has 0 aromatic heterocycles. The molecule has 0 spiro atoms. The first-order valence-corrected chi connectivity index (χ1v) is 5.76. The average molecular weight is 224 g/mol. The number of hydrogen-bond donors (Lipinski definition) is 1. The Kier molecular flexibility index (Phi) is 3.44. The highest BCUT2D eigenvalue weighted by atomic mass is 19.1. The maximum absolute atomic E-state index is 13.0. The Hall–Kier alpha value is -1.09. The van der Waals surface area contributed by atoms with Crippen LogP contribution in [0.2, 0.25) is 0 Å². The van der Waals surface area contributed by atoms with E-state index in [1.165, 1.54) is 6.07 Å². The van der Waals surface area contributed by atoms with E-state index >= 15 is 0 Å². The summed E-state index contributed by atoms with van der Waals surface area (Å²) < 4.78 is 18.8. The lowest BCUT2D eigenvalue weighted by Gasteiger charge is -2.26. The summed E-state index contributed by atoms with van der Waals surface area (Å²) in [5.41, 5.74) is 0.592. The SMILES string of the molecule is Cc1cc(OC2CCCC(O)C2)ccc1F. The van der Waals surface area contributed by atoms with Gasteiger partial charge in [0.25, 0.3) is 0 Å². The van der Waals surface area contributed by atoms with Gasteiger partial charge in [-0.25, -0.2) is 4.39 Å². The fourth-order valence-corrected chi connectivity index (χ4v) is 2.11. The molecule has 0 saturated heterocycles. The van der Waals surface area contributed by atoms with Crippen LogP contribution in [-0.2, 0) is 0 Å².